The topological polar surface area (TPSA) is 62.4 Å². The van der Waals surface area contributed by atoms with Crippen molar-refractivity contribution >= 4 is 22.3 Å². The largest absolute Gasteiger partial charge is 0.452 e. The smallest absolute Gasteiger partial charge is 0.167 e. The number of ether oxygens (including phenoxy) is 2. The zero-order valence-electron chi connectivity index (χ0n) is 13.9. The van der Waals surface area contributed by atoms with Crippen LogP contribution >= 0.6 is 0 Å². The van der Waals surface area contributed by atoms with E-state index in [9.17, 15) is 4.39 Å². The van der Waals surface area contributed by atoms with E-state index in [1.807, 2.05) is 12.1 Å². The van der Waals surface area contributed by atoms with Crippen molar-refractivity contribution in [3.8, 4) is 11.5 Å². The first-order valence-electron chi connectivity index (χ1n) is 8.19. The Morgan fingerprint density at radius 2 is 2.04 bits per heavy atom. The second-order valence-electron chi connectivity index (χ2n) is 5.87. The summed E-state index contributed by atoms with van der Waals surface area (Å²) in [6.07, 6.45) is 1.73. The molecule has 0 unspecified atom stereocenters. The summed E-state index contributed by atoms with van der Waals surface area (Å²) in [7, 11) is 1.75. The highest BCUT2D eigenvalue weighted by Gasteiger charge is 2.19. The Kier molecular flexibility index (Phi) is 4.15. The summed E-state index contributed by atoms with van der Waals surface area (Å²) >= 11 is 0. The van der Waals surface area contributed by atoms with E-state index in [4.69, 9.17) is 9.47 Å². The van der Waals surface area contributed by atoms with Crippen LogP contribution in [0.3, 0.4) is 0 Å². The number of nitrogens with zero attached hydrogens (tertiary/aromatic N) is 2. The van der Waals surface area contributed by atoms with Gasteiger partial charge in [-0.25, -0.2) is 4.39 Å². The zero-order valence-corrected chi connectivity index (χ0v) is 13.9. The minimum absolute atomic E-state index is 0.191. The van der Waals surface area contributed by atoms with Crippen LogP contribution in [0.25, 0.3) is 10.9 Å². The van der Waals surface area contributed by atoms with Crippen LogP contribution in [0.4, 0.5) is 15.8 Å². The molecule has 1 aromatic heterocycles. The number of halogens is 1. The maximum Gasteiger partial charge on any atom is 0.167 e. The van der Waals surface area contributed by atoms with Gasteiger partial charge in [0.2, 0.25) is 0 Å². The molecule has 3 aromatic rings. The molecule has 25 heavy (non-hydrogen) atoms. The Morgan fingerprint density at radius 1 is 1.20 bits per heavy atom. The number of H-pyrrole nitrogens is 1. The van der Waals surface area contributed by atoms with E-state index < -0.39 is 5.82 Å². The van der Waals surface area contributed by atoms with Gasteiger partial charge in [-0.2, -0.15) is 5.10 Å². The fourth-order valence-corrected chi connectivity index (χ4v) is 2.95. The van der Waals surface area contributed by atoms with Gasteiger partial charge in [0.15, 0.2) is 17.3 Å². The second-order valence-corrected chi connectivity index (χ2v) is 5.87. The number of fused-ring (bicyclic) bond motifs is 1. The van der Waals surface area contributed by atoms with Gasteiger partial charge < -0.3 is 19.7 Å². The number of aromatic amines is 1. The second kappa shape index (κ2) is 6.60. The highest BCUT2D eigenvalue weighted by atomic mass is 19.1. The van der Waals surface area contributed by atoms with Crippen LogP contribution in [-0.4, -0.2) is 43.5 Å². The average Bonchev–Trinajstić information content (AvgIpc) is 3.11. The number of benzene rings is 2. The molecule has 1 aliphatic heterocycles. The lowest BCUT2D eigenvalue weighted by atomic mass is 10.2. The Bertz CT molecular complexity index is 890. The molecule has 130 valence electrons. The van der Waals surface area contributed by atoms with Crippen LogP contribution in [-0.2, 0) is 4.74 Å². The lowest BCUT2D eigenvalue weighted by molar-refractivity contribution is 0.122. The average molecular weight is 342 g/mol. The third-order valence-electron chi connectivity index (χ3n) is 4.31. The molecule has 1 saturated heterocycles. The number of aromatic nitrogens is 2. The van der Waals surface area contributed by atoms with E-state index in [2.05, 4.69) is 20.4 Å². The van der Waals surface area contributed by atoms with E-state index >= 15 is 0 Å². The van der Waals surface area contributed by atoms with Crippen molar-refractivity contribution in [3.63, 3.8) is 0 Å². The number of anilines is 2. The van der Waals surface area contributed by atoms with Crippen molar-refractivity contribution in [2.24, 2.45) is 0 Å². The summed E-state index contributed by atoms with van der Waals surface area (Å²) in [5, 5.41) is 10.9. The van der Waals surface area contributed by atoms with Gasteiger partial charge in [0.1, 0.15) is 0 Å². The molecule has 0 spiro atoms. The van der Waals surface area contributed by atoms with Crippen LogP contribution in [0.15, 0.2) is 36.5 Å². The zero-order chi connectivity index (χ0) is 17.2. The van der Waals surface area contributed by atoms with Gasteiger partial charge in [0.05, 0.1) is 30.6 Å². The van der Waals surface area contributed by atoms with Crippen LogP contribution in [0.5, 0.6) is 11.5 Å². The van der Waals surface area contributed by atoms with Crippen molar-refractivity contribution < 1.29 is 13.9 Å². The van der Waals surface area contributed by atoms with E-state index in [1.54, 1.807) is 25.4 Å². The van der Waals surface area contributed by atoms with Crippen molar-refractivity contribution in [1.82, 2.24) is 10.2 Å². The van der Waals surface area contributed by atoms with Gasteiger partial charge >= 0.3 is 0 Å². The first-order chi connectivity index (χ1) is 12.2. The summed E-state index contributed by atoms with van der Waals surface area (Å²) in [4.78, 5) is 2.18. The molecule has 1 aliphatic rings. The van der Waals surface area contributed by atoms with Crippen LogP contribution < -0.4 is 15.0 Å². The molecule has 0 atom stereocenters. The van der Waals surface area contributed by atoms with Crippen molar-refractivity contribution in [2.45, 2.75) is 0 Å². The molecule has 2 heterocycles. The number of nitrogens with one attached hydrogen (secondary N) is 2. The maximum absolute atomic E-state index is 14.3. The molecule has 0 bridgehead atoms. The van der Waals surface area contributed by atoms with E-state index in [-0.39, 0.29) is 5.75 Å². The minimum atomic E-state index is -0.410. The van der Waals surface area contributed by atoms with Crippen LogP contribution in [0, 0.1) is 5.82 Å². The van der Waals surface area contributed by atoms with Gasteiger partial charge in [-0.05, 0) is 24.3 Å². The fourth-order valence-electron chi connectivity index (χ4n) is 2.95. The molecule has 7 heteroatoms. The standard InChI is InChI=1S/C18H19FN4O2/c1-20-13-2-3-17(14(19)9-13)25-18-8-12-11-21-22-15(12)10-16(18)23-4-6-24-7-5-23/h2-3,8-11,20H,4-7H2,1H3,(H,21,22). The molecule has 4 rings (SSSR count). The molecule has 1 fully saturated rings. The third-order valence-corrected chi connectivity index (χ3v) is 4.31. The first kappa shape index (κ1) is 15.7. The molecule has 0 saturated carbocycles. The highest BCUT2D eigenvalue weighted by Crippen LogP contribution is 2.37. The lowest BCUT2D eigenvalue weighted by Gasteiger charge is -2.30. The number of hydrogen-bond acceptors (Lipinski definition) is 5. The summed E-state index contributed by atoms with van der Waals surface area (Å²) in [5.74, 6) is 0.385. The summed E-state index contributed by atoms with van der Waals surface area (Å²) < 4.78 is 25.7. The summed E-state index contributed by atoms with van der Waals surface area (Å²) in [6, 6.07) is 8.70. The summed E-state index contributed by atoms with van der Waals surface area (Å²) in [5.41, 5.74) is 2.51. The van der Waals surface area contributed by atoms with Crippen LogP contribution in [0.1, 0.15) is 0 Å². The predicted octanol–water partition coefficient (Wildman–Crippen LogP) is 3.37. The molecule has 0 amide bonds. The number of hydrogen-bond donors (Lipinski definition) is 2. The molecule has 0 radical (unpaired) electrons. The van der Waals surface area contributed by atoms with Crippen LogP contribution in [0.2, 0.25) is 0 Å². The first-order valence-corrected chi connectivity index (χ1v) is 8.19. The molecule has 2 N–H and O–H groups in total. The maximum atomic E-state index is 14.3. The molecule has 6 nitrogen and oxygen atoms in total. The Morgan fingerprint density at radius 3 is 2.80 bits per heavy atom. The normalized spacial score (nSPS) is 14.7. The van der Waals surface area contributed by atoms with Gasteiger partial charge in [0, 0.05) is 37.3 Å². The molecular weight excluding hydrogens is 323 g/mol. The Labute approximate surface area is 144 Å². The molecule has 0 aliphatic carbocycles. The Balaban J connectivity index is 1.74. The van der Waals surface area contributed by atoms with E-state index in [0.29, 0.717) is 24.7 Å². The number of rotatable bonds is 4. The van der Waals surface area contributed by atoms with E-state index in [1.165, 1.54) is 6.07 Å². The van der Waals surface area contributed by atoms with Gasteiger partial charge in [0.25, 0.3) is 0 Å². The quantitative estimate of drug-likeness (QED) is 0.761. The molecule has 2 aromatic carbocycles. The number of morpholine rings is 1. The monoisotopic (exact) mass is 342 g/mol. The highest BCUT2D eigenvalue weighted by molar-refractivity contribution is 5.86. The fraction of sp³-hybridized carbons (Fsp3) is 0.278. The predicted molar refractivity (Wildman–Crippen MR) is 95.1 cm³/mol. The van der Waals surface area contributed by atoms with Gasteiger partial charge in [-0.3, -0.25) is 5.10 Å². The molecular formula is C18H19FN4O2. The Hall–Kier alpha value is -2.80. The van der Waals surface area contributed by atoms with Gasteiger partial charge in [-0.1, -0.05) is 0 Å². The summed E-state index contributed by atoms with van der Waals surface area (Å²) in [6.45, 7) is 2.84. The van der Waals surface area contributed by atoms with Gasteiger partial charge in [-0.15, -0.1) is 0 Å². The SMILES string of the molecule is CNc1ccc(Oc2cc3cn[nH]c3cc2N2CCOCC2)c(F)c1. The van der Waals surface area contributed by atoms with E-state index in [0.717, 1.165) is 29.7 Å². The van der Waals surface area contributed by atoms with Crippen molar-refractivity contribution in [1.29, 1.82) is 0 Å². The third kappa shape index (κ3) is 3.10. The minimum Gasteiger partial charge on any atom is -0.452 e. The van der Waals surface area contributed by atoms with Crippen molar-refractivity contribution in [3.05, 3.63) is 42.3 Å². The van der Waals surface area contributed by atoms with Crippen molar-refractivity contribution in [2.75, 3.05) is 43.6 Å². The lowest BCUT2D eigenvalue weighted by Crippen LogP contribution is -2.36.